The summed E-state index contributed by atoms with van der Waals surface area (Å²) in [5.41, 5.74) is 1.47. The molecule has 2 aromatic rings. The number of guanidine groups is 1. The summed E-state index contributed by atoms with van der Waals surface area (Å²) in [7, 11) is 3.13. The van der Waals surface area contributed by atoms with Crippen molar-refractivity contribution >= 4 is 5.96 Å². The second-order valence-electron chi connectivity index (χ2n) is 5.71. The molecule has 0 bridgehead atoms. The molecule has 0 saturated carbocycles. The molecule has 0 saturated heterocycles. The number of methoxy groups -OCH3 is 2. The average molecular weight is 393 g/mol. The van der Waals surface area contributed by atoms with Gasteiger partial charge in [0.05, 0.1) is 20.8 Å². The zero-order valence-electron chi connectivity index (χ0n) is 16.2. The topological polar surface area (TPSA) is 64.1 Å². The van der Waals surface area contributed by atoms with Crippen molar-refractivity contribution in [3.8, 4) is 17.2 Å². The van der Waals surface area contributed by atoms with Crippen molar-refractivity contribution < 1.29 is 23.0 Å². The van der Waals surface area contributed by atoms with Gasteiger partial charge in [0.2, 0.25) is 0 Å². The van der Waals surface area contributed by atoms with Crippen molar-refractivity contribution in [2.75, 3.05) is 20.8 Å². The number of hydrogen-bond donors (Lipinski definition) is 2. The van der Waals surface area contributed by atoms with Gasteiger partial charge < -0.3 is 24.8 Å². The molecule has 0 unspecified atom stereocenters. The maximum absolute atomic E-state index is 12.7. The zero-order valence-corrected chi connectivity index (χ0v) is 16.2. The van der Waals surface area contributed by atoms with Crippen molar-refractivity contribution in [3.63, 3.8) is 0 Å². The van der Waals surface area contributed by atoms with Crippen LogP contribution in [-0.2, 0) is 13.1 Å². The van der Waals surface area contributed by atoms with E-state index in [2.05, 4.69) is 20.4 Å². The van der Waals surface area contributed by atoms with Crippen LogP contribution >= 0.6 is 0 Å². The van der Waals surface area contributed by atoms with Crippen LogP contribution in [-0.4, -0.2) is 33.3 Å². The summed E-state index contributed by atoms with van der Waals surface area (Å²) in [6.45, 7) is 0.315. The molecule has 0 spiro atoms. The Labute approximate surface area is 163 Å². The number of aliphatic imine (C=N–C) groups is 1. The van der Waals surface area contributed by atoms with Crippen LogP contribution in [0.25, 0.3) is 0 Å². The Hall–Kier alpha value is -3.03. The summed E-state index contributed by atoms with van der Waals surface area (Å²) >= 11 is 0. The maximum Gasteiger partial charge on any atom is 0.387 e. The van der Waals surface area contributed by atoms with Gasteiger partial charge in [0, 0.05) is 24.2 Å². The summed E-state index contributed by atoms with van der Waals surface area (Å²) in [6.07, 6.45) is 0. The summed E-state index contributed by atoms with van der Waals surface area (Å²) < 4.78 is 40.4. The Kier molecular flexibility index (Phi) is 8.33. The molecule has 0 aliphatic rings. The Balaban J connectivity index is 2.15. The number of nitrogens with one attached hydrogen (secondary N) is 2. The van der Waals surface area contributed by atoms with Crippen LogP contribution in [0.15, 0.2) is 47.5 Å². The highest BCUT2D eigenvalue weighted by molar-refractivity contribution is 5.79. The molecule has 2 rings (SSSR count). The van der Waals surface area contributed by atoms with E-state index in [0.29, 0.717) is 30.4 Å². The van der Waals surface area contributed by atoms with Gasteiger partial charge in [-0.25, -0.2) is 4.99 Å². The molecule has 28 heavy (non-hydrogen) atoms. The Morgan fingerprint density at radius 3 is 2.46 bits per heavy atom. The van der Waals surface area contributed by atoms with Gasteiger partial charge in [-0.05, 0) is 31.2 Å². The molecule has 2 aromatic carbocycles. The van der Waals surface area contributed by atoms with Crippen molar-refractivity contribution in [1.29, 1.82) is 0 Å². The molecule has 0 fully saturated rings. The van der Waals surface area contributed by atoms with Crippen molar-refractivity contribution in [2.45, 2.75) is 26.6 Å². The fourth-order valence-electron chi connectivity index (χ4n) is 2.55. The normalized spacial score (nSPS) is 11.3. The maximum atomic E-state index is 12.7. The van der Waals surface area contributed by atoms with E-state index in [-0.39, 0.29) is 12.3 Å². The van der Waals surface area contributed by atoms with Crippen LogP contribution < -0.4 is 24.8 Å². The van der Waals surface area contributed by atoms with Crippen LogP contribution in [0.5, 0.6) is 17.2 Å². The average Bonchev–Trinajstić information content (AvgIpc) is 2.70. The van der Waals surface area contributed by atoms with Crippen LogP contribution in [0, 0.1) is 0 Å². The van der Waals surface area contributed by atoms with Crippen LogP contribution in [0.4, 0.5) is 8.78 Å². The van der Waals surface area contributed by atoms with Gasteiger partial charge in [-0.3, -0.25) is 0 Å². The van der Waals surface area contributed by atoms with E-state index in [4.69, 9.17) is 9.47 Å². The Morgan fingerprint density at radius 1 is 1.00 bits per heavy atom. The molecule has 0 aliphatic heterocycles. The van der Waals surface area contributed by atoms with Gasteiger partial charge in [0.1, 0.15) is 17.2 Å². The lowest BCUT2D eigenvalue weighted by Crippen LogP contribution is -2.36. The highest BCUT2D eigenvalue weighted by Gasteiger charge is 2.11. The SMILES string of the molecule is CCNC(=NCc1cc(OC)ccc1OC(F)F)NCc1ccccc1OC. The van der Waals surface area contributed by atoms with E-state index >= 15 is 0 Å². The first-order valence-corrected chi connectivity index (χ1v) is 8.83. The highest BCUT2D eigenvalue weighted by atomic mass is 19.3. The molecule has 0 amide bonds. The van der Waals surface area contributed by atoms with E-state index in [9.17, 15) is 8.78 Å². The Morgan fingerprint density at radius 2 is 1.79 bits per heavy atom. The minimum absolute atomic E-state index is 0.0696. The quantitative estimate of drug-likeness (QED) is 0.504. The molecule has 0 radical (unpaired) electrons. The second kappa shape index (κ2) is 11.0. The van der Waals surface area contributed by atoms with Gasteiger partial charge in [0.15, 0.2) is 5.96 Å². The summed E-state index contributed by atoms with van der Waals surface area (Å²) in [6, 6.07) is 12.3. The van der Waals surface area contributed by atoms with E-state index < -0.39 is 6.61 Å². The fourth-order valence-corrected chi connectivity index (χ4v) is 2.55. The summed E-state index contributed by atoms with van der Waals surface area (Å²) in [5, 5.41) is 6.34. The standard InChI is InChI=1S/C20H25F2N3O3/c1-4-23-20(24-12-14-7-5-6-8-17(14)27-3)25-13-15-11-16(26-2)9-10-18(15)28-19(21)22/h5-11,19H,4,12-13H2,1-3H3,(H2,23,24,25). The molecule has 0 aromatic heterocycles. The van der Waals surface area contributed by atoms with Gasteiger partial charge in [-0.2, -0.15) is 8.78 Å². The lowest BCUT2D eigenvalue weighted by atomic mass is 10.2. The smallest absolute Gasteiger partial charge is 0.387 e. The van der Waals surface area contributed by atoms with E-state index in [1.165, 1.54) is 13.2 Å². The Bertz CT molecular complexity index is 785. The van der Waals surface area contributed by atoms with E-state index in [1.807, 2.05) is 31.2 Å². The first kappa shape index (κ1) is 21.3. The molecular weight excluding hydrogens is 368 g/mol. The number of halogens is 2. The molecule has 2 N–H and O–H groups in total. The lowest BCUT2D eigenvalue weighted by Gasteiger charge is -2.14. The number of rotatable bonds is 9. The van der Waals surface area contributed by atoms with Gasteiger partial charge >= 0.3 is 6.61 Å². The minimum Gasteiger partial charge on any atom is -0.497 e. The van der Waals surface area contributed by atoms with Crippen LogP contribution in [0.2, 0.25) is 0 Å². The molecule has 8 heteroatoms. The molecule has 0 aliphatic carbocycles. The summed E-state index contributed by atoms with van der Waals surface area (Å²) in [4.78, 5) is 4.47. The van der Waals surface area contributed by atoms with Crippen molar-refractivity contribution in [1.82, 2.24) is 10.6 Å². The highest BCUT2D eigenvalue weighted by Crippen LogP contribution is 2.26. The number of ether oxygens (including phenoxy) is 3. The number of para-hydroxylation sites is 1. The second-order valence-corrected chi connectivity index (χ2v) is 5.71. The molecule has 152 valence electrons. The van der Waals surface area contributed by atoms with E-state index in [1.54, 1.807) is 19.2 Å². The third-order valence-electron chi connectivity index (χ3n) is 3.87. The van der Waals surface area contributed by atoms with Crippen LogP contribution in [0.3, 0.4) is 0 Å². The molecular formula is C20H25F2N3O3. The predicted octanol–water partition coefficient (Wildman–Crippen LogP) is 3.56. The lowest BCUT2D eigenvalue weighted by molar-refractivity contribution is -0.0504. The molecule has 0 heterocycles. The van der Waals surface area contributed by atoms with E-state index in [0.717, 1.165) is 11.3 Å². The number of alkyl halides is 2. The van der Waals surface area contributed by atoms with Crippen molar-refractivity contribution in [2.24, 2.45) is 4.99 Å². The minimum atomic E-state index is -2.91. The molecule has 6 nitrogen and oxygen atoms in total. The monoisotopic (exact) mass is 393 g/mol. The molecule has 0 atom stereocenters. The summed E-state index contributed by atoms with van der Waals surface area (Å²) in [5.74, 6) is 1.92. The van der Waals surface area contributed by atoms with Crippen LogP contribution in [0.1, 0.15) is 18.1 Å². The number of hydrogen-bond acceptors (Lipinski definition) is 4. The van der Waals surface area contributed by atoms with Gasteiger partial charge in [0.25, 0.3) is 0 Å². The zero-order chi connectivity index (χ0) is 20.4. The number of nitrogens with zero attached hydrogens (tertiary/aromatic N) is 1. The number of benzene rings is 2. The first-order chi connectivity index (χ1) is 13.6. The third kappa shape index (κ3) is 6.29. The van der Waals surface area contributed by atoms with Gasteiger partial charge in [-0.1, -0.05) is 18.2 Å². The fraction of sp³-hybridized carbons (Fsp3) is 0.350. The van der Waals surface area contributed by atoms with Gasteiger partial charge in [-0.15, -0.1) is 0 Å². The third-order valence-corrected chi connectivity index (χ3v) is 3.87. The first-order valence-electron chi connectivity index (χ1n) is 8.83. The van der Waals surface area contributed by atoms with Crippen molar-refractivity contribution in [3.05, 3.63) is 53.6 Å². The predicted molar refractivity (Wildman–Crippen MR) is 104 cm³/mol. The largest absolute Gasteiger partial charge is 0.497 e.